The fraction of sp³-hybridized carbons (Fsp3) is 0.333. The lowest BCUT2D eigenvalue weighted by atomic mass is 10.5. The van der Waals surface area contributed by atoms with Crippen LogP contribution in [-0.2, 0) is 9.53 Å². The van der Waals surface area contributed by atoms with Gasteiger partial charge < -0.3 is 9.47 Å². The topological polar surface area (TPSA) is 48.4 Å². The second-order valence-electron chi connectivity index (χ2n) is 1.95. The van der Waals surface area contributed by atoms with Crippen molar-refractivity contribution in [2.24, 2.45) is 0 Å². The Morgan fingerprint density at radius 3 is 2.69 bits per heavy atom. The summed E-state index contributed by atoms with van der Waals surface area (Å²) in [6, 6.07) is 3.74. The third-order valence-electron chi connectivity index (χ3n) is 1.04. The van der Waals surface area contributed by atoms with Gasteiger partial charge in [0.05, 0.1) is 19.9 Å². The molecule has 0 saturated heterocycles. The predicted molar refractivity (Wildman–Crippen MR) is 48.5 cm³/mol. The summed E-state index contributed by atoms with van der Waals surface area (Å²) in [5, 5.41) is 0. The predicted octanol–water partition coefficient (Wildman–Crippen LogP) is 1.27. The average molecular weight is 183 g/mol. The maximum atomic E-state index is 8.95. The third-order valence-corrected chi connectivity index (χ3v) is 1.04. The lowest BCUT2D eigenvalue weighted by molar-refractivity contribution is -0.126. The normalized spacial score (nSPS) is 7.85. The maximum Gasteiger partial charge on any atom is 0.292 e. The number of carbonyl (C=O) groups excluding carboxylic acids is 1. The van der Waals surface area contributed by atoms with Crippen molar-refractivity contribution in [2.75, 3.05) is 13.7 Å². The molecule has 1 rings (SSSR count). The monoisotopic (exact) mass is 183 g/mol. The van der Waals surface area contributed by atoms with Crippen LogP contribution in [0.3, 0.4) is 0 Å². The summed E-state index contributed by atoms with van der Waals surface area (Å²) in [5.74, 6) is 0.833. The highest BCUT2D eigenvalue weighted by Crippen LogP contribution is 2.04. The molecule has 1 heterocycles. The third kappa shape index (κ3) is 6.80. The number of pyridine rings is 1. The molecule has 0 unspecified atom stereocenters. The van der Waals surface area contributed by atoms with Crippen LogP contribution in [0.4, 0.5) is 0 Å². The van der Waals surface area contributed by atoms with Crippen LogP contribution < -0.4 is 4.74 Å². The van der Waals surface area contributed by atoms with Gasteiger partial charge >= 0.3 is 0 Å². The first kappa shape index (κ1) is 11.4. The molecule has 0 amide bonds. The van der Waals surface area contributed by atoms with E-state index in [-0.39, 0.29) is 0 Å². The molecule has 0 fully saturated rings. The molecule has 0 aliphatic carbocycles. The van der Waals surface area contributed by atoms with Crippen molar-refractivity contribution in [3.8, 4) is 5.75 Å². The molecule has 0 aliphatic rings. The zero-order chi connectivity index (χ0) is 9.94. The molecule has 0 spiro atoms. The summed E-state index contributed by atoms with van der Waals surface area (Å²) in [6.45, 7) is 3.03. The number of hydrogen-bond donors (Lipinski definition) is 0. The van der Waals surface area contributed by atoms with Gasteiger partial charge in [0.2, 0.25) is 0 Å². The van der Waals surface area contributed by atoms with Crippen molar-refractivity contribution in [1.82, 2.24) is 4.98 Å². The Kier molecular flexibility index (Phi) is 7.48. The largest absolute Gasteiger partial charge is 0.492 e. The van der Waals surface area contributed by atoms with Crippen molar-refractivity contribution in [1.29, 1.82) is 0 Å². The Morgan fingerprint density at radius 1 is 1.62 bits per heavy atom. The Balaban J connectivity index is 0.000000310. The molecule has 0 atom stereocenters. The van der Waals surface area contributed by atoms with Gasteiger partial charge in [-0.15, -0.1) is 0 Å². The number of carbonyl (C=O) groups is 1. The highest BCUT2D eigenvalue weighted by molar-refractivity contribution is 5.36. The summed E-state index contributed by atoms with van der Waals surface area (Å²) >= 11 is 0. The molecule has 72 valence electrons. The van der Waals surface area contributed by atoms with Crippen molar-refractivity contribution in [3.63, 3.8) is 0 Å². The zero-order valence-electron chi connectivity index (χ0n) is 7.77. The standard InChI is InChI=1S/C7H9NO.C2H4O2/c1-2-9-7-4-3-5-8-6-7;1-4-2-3/h3-6H,2H2,1H3;2H,1H3. The molecule has 13 heavy (non-hydrogen) atoms. The average Bonchev–Trinajstić information content (AvgIpc) is 2.20. The number of aromatic nitrogens is 1. The van der Waals surface area contributed by atoms with E-state index >= 15 is 0 Å². The van der Waals surface area contributed by atoms with E-state index in [1.54, 1.807) is 12.4 Å². The van der Waals surface area contributed by atoms with E-state index in [0.717, 1.165) is 5.75 Å². The van der Waals surface area contributed by atoms with E-state index in [4.69, 9.17) is 9.53 Å². The van der Waals surface area contributed by atoms with E-state index in [1.807, 2.05) is 19.1 Å². The minimum absolute atomic E-state index is 0.375. The minimum atomic E-state index is 0.375. The van der Waals surface area contributed by atoms with Crippen molar-refractivity contribution < 1.29 is 14.3 Å². The van der Waals surface area contributed by atoms with E-state index in [1.165, 1.54) is 7.11 Å². The fourth-order valence-corrected chi connectivity index (χ4v) is 0.599. The first-order valence-electron chi connectivity index (χ1n) is 3.84. The molecular formula is C9H13NO3. The second-order valence-corrected chi connectivity index (χ2v) is 1.95. The number of methoxy groups -OCH3 is 1. The van der Waals surface area contributed by atoms with Gasteiger partial charge in [0.25, 0.3) is 6.47 Å². The summed E-state index contributed by atoms with van der Waals surface area (Å²) < 4.78 is 9.00. The van der Waals surface area contributed by atoms with E-state index in [9.17, 15) is 0 Å². The van der Waals surface area contributed by atoms with Crippen molar-refractivity contribution in [3.05, 3.63) is 24.5 Å². The van der Waals surface area contributed by atoms with Crippen LogP contribution in [0.2, 0.25) is 0 Å². The van der Waals surface area contributed by atoms with Gasteiger partial charge in [-0.25, -0.2) is 0 Å². The molecule has 1 aromatic rings. The van der Waals surface area contributed by atoms with Crippen LogP contribution in [-0.4, -0.2) is 25.2 Å². The SMILES string of the molecule is CCOc1cccnc1.COC=O. The molecule has 0 N–H and O–H groups in total. The second kappa shape index (κ2) is 8.52. The van der Waals surface area contributed by atoms with Gasteiger partial charge in [-0.2, -0.15) is 0 Å². The van der Waals surface area contributed by atoms with Crippen molar-refractivity contribution >= 4 is 6.47 Å². The maximum absolute atomic E-state index is 8.95. The highest BCUT2D eigenvalue weighted by atomic mass is 16.5. The summed E-state index contributed by atoms with van der Waals surface area (Å²) in [7, 11) is 1.31. The number of hydrogen-bond acceptors (Lipinski definition) is 4. The Hall–Kier alpha value is -1.58. The van der Waals surface area contributed by atoms with Gasteiger partial charge in [0, 0.05) is 6.20 Å². The molecule has 0 radical (unpaired) electrons. The van der Waals surface area contributed by atoms with Crippen LogP contribution in [0, 0.1) is 0 Å². The first-order chi connectivity index (χ1) is 6.35. The van der Waals surface area contributed by atoms with E-state index in [2.05, 4.69) is 9.72 Å². The van der Waals surface area contributed by atoms with Crippen molar-refractivity contribution in [2.45, 2.75) is 6.92 Å². The highest BCUT2D eigenvalue weighted by Gasteiger charge is 1.84. The molecule has 0 aromatic carbocycles. The van der Waals surface area contributed by atoms with Crippen LogP contribution >= 0.6 is 0 Å². The molecule has 4 heteroatoms. The first-order valence-corrected chi connectivity index (χ1v) is 3.84. The number of ether oxygens (including phenoxy) is 2. The van der Waals surface area contributed by atoms with Crippen LogP contribution in [0.25, 0.3) is 0 Å². The van der Waals surface area contributed by atoms with Gasteiger partial charge in [-0.05, 0) is 19.1 Å². The van der Waals surface area contributed by atoms with Crippen LogP contribution in [0.5, 0.6) is 5.75 Å². The molecular weight excluding hydrogens is 170 g/mol. The van der Waals surface area contributed by atoms with Gasteiger partial charge in [0.15, 0.2) is 0 Å². The summed E-state index contributed by atoms with van der Waals surface area (Å²) in [4.78, 5) is 12.8. The Morgan fingerprint density at radius 2 is 2.31 bits per heavy atom. The minimum Gasteiger partial charge on any atom is -0.492 e. The molecule has 1 aromatic heterocycles. The fourth-order valence-electron chi connectivity index (χ4n) is 0.599. The number of nitrogens with zero attached hydrogens (tertiary/aromatic N) is 1. The van der Waals surface area contributed by atoms with Gasteiger partial charge in [0.1, 0.15) is 5.75 Å². The van der Waals surface area contributed by atoms with Crippen LogP contribution in [0.1, 0.15) is 6.92 Å². The van der Waals surface area contributed by atoms with E-state index < -0.39 is 0 Å². The Bertz CT molecular complexity index is 213. The molecule has 4 nitrogen and oxygen atoms in total. The summed E-state index contributed by atoms with van der Waals surface area (Å²) in [6.07, 6.45) is 3.42. The molecule has 0 aliphatic heterocycles. The zero-order valence-corrected chi connectivity index (χ0v) is 7.77. The van der Waals surface area contributed by atoms with Crippen LogP contribution in [0.15, 0.2) is 24.5 Å². The quantitative estimate of drug-likeness (QED) is 0.662. The van der Waals surface area contributed by atoms with E-state index in [0.29, 0.717) is 13.1 Å². The smallest absolute Gasteiger partial charge is 0.292 e. The molecule has 0 saturated carbocycles. The molecule has 0 bridgehead atoms. The van der Waals surface area contributed by atoms with Gasteiger partial charge in [-0.3, -0.25) is 9.78 Å². The lowest BCUT2D eigenvalue weighted by Gasteiger charge is -1.98. The Labute approximate surface area is 77.5 Å². The number of rotatable bonds is 3. The summed E-state index contributed by atoms with van der Waals surface area (Å²) in [5.41, 5.74) is 0. The lowest BCUT2D eigenvalue weighted by Crippen LogP contribution is -1.90. The van der Waals surface area contributed by atoms with Gasteiger partial charge in [-0.1, -0.05) is 0 Å².